The zero-order valence-electron chi connectivity index (χ0n) is 10.8. The number of ether oxygens (including phenoxy) is 1. The monoisotopic (exact) mass is 330 g/mol. The number of hydrogen-bond acceptors (Lipinski definition) is 3. The minimum absolute atomic E-state index is 0.380. The van der Waals surface area contributed by atoms with Crippen LogP contribution in [-0.4, -0.2) is 18.2 Å². The van der Waals surface area contributed by atoms with E-state index in [1.54, 1.807) is 25.1 Å². The number of nitrogens with one attached hydrogen (secondary N) is 2. The molecule has 1 aliphatic rings. The van der Waals surface area contributed by atoms with Gasteiger partial charge in [-0.05, 0) is 30.8 Å². The fourth-order valence-electron chi connectivity index (χ4n) is 2.05. The maximum absolute atomic E-state index is 12.0. The Bertz CT molecular complexity index is 616. The van der Waals surface area contributed by atoms with Gasteiger partial charge in [-0.1, -0.05) is 35.3 Å². The fraction of sp³-hybridized carbons (Fsp3) is 0.231. The Kier molecular flexibility index (Phi) is 4.52. The van der Waals surface area contributed by atoms with E-state index in [0.29, 0.717) is 32.0 Å². The number of thiocarbonyl (C=S) groups is 1. The van der Waals surface area contributed by atoms with Crippen molar-refractivity contribution in [3.63, 3.8) is 0 Å². The van der Waals surface area contributed by atoms with Gasteiger partial charge in [0.2, 0.25) is 0 Å². The summed E-state index contributed by atoms with van der Waals surface area (Å²) in [6, 6.07) is 4.74. The number of halogens is 2. The van der Waals surface area contributed by atoms with E-state index >= 15 is 0 Å². The zero-order chi connectivity index (χ0) is 14.9. The van der Waals surface area contributed by atoms with Crippen LogP contribution in [0.15, 0.2) is 29.5 Å². The molecule has 20 heavy (non-hydrogen) atoms. The zero-order valence-corrected chi connectivity index (χ0v) is 13.1. The lowest BCUT2D eigenvalue weighted by molar-refractivity contribution is -0.136. The summed E-state index contributed by atoms with van der Waals surface area (Å²) in [7, 11) is 1.33. The molecule has 1 heterocycles. The van der Waals surface area contributed by atoms with Crippen LogP contribution in [0, 0.1) is 0 Å². The summed E-state index contributed by atoms with van der Waals surface area (Å²) in [6.07, 6.45) is 0. The molecule has 1 atom stereocenters. The highest BCUT2D eigenvalue weighted by Crippen LogP contribution is 2.35. The van der Waals surface area contributed by atoms with Gasteiger partial charge in [0.15, 0.2) is 5.11 Å². The molecule has 0 radical (unpaired) electrons. The van der Waals surface area contributed by atoms with Gasteiger partial charge in [-0.15, -0.1) is 0 Å². The van der Waals surface area contributed by atoms with E-state index in [-0.39, 0.29) is 0 Å². The standard InChI is InChI=1S/C13H12Cl2N2O2S/c1-6-9(12(18)19-2)11(17-13(20)16-6)7-4-3-5-8(14)10(7)15/h3-5,11H,1-2H3,(H2,16,17,20)/t11-/m1/s1. The molecule has 1 aliphatic heterocycles. The van der Waals surface area contributed by atoms with E-state index in [1.165, 1.54) is 7.11 Å². The topological polar surface area (TPSA) is 50.4 Å². The lowest BCUT2D eigenvalue weighted by Gasteiger charge is -2.30. The first-order valence-electron chi connectivity index (χ1n) is 5.76. The van der Waals surface area contributed by atoms with Crippen molar-refractivity contribution in [1.82, 2.24) is 10.6 Å². The third-order valence-corrected chi connectivity index (χ3v) is 4.02. The van der Waals surface area contributed by atoms with Gasteiger partial charge < -0.3 is 15.4 Å². The van der Waals surface area contributed by atoms with Gasteiger partial charge in [0.25, 0.3) is 0 Å². The summed E-state index contributed by atoms with van der Waals surface area (Å²) < 4.78 is 4.82. The molecular weight excluding hydrogens is 319 g/mol. The number of methoxy groups -OCH3 is 1. The molecule has 0 unspecified atom stereocenters. The molecule has 0 fully saturated rings. The number of carbonyl (C=O) groups excluding carboxylic acids is 1. The van der Waals surface area contributed by atoms with Gasteiger partial charge in [0.1, 0.15) is 0 Å². The summed E-state index contributed by atoms with van der Waals surface area (Å²) in [5, 5.41) is 7.12. The summed E-state index contributed by atoms with van der Waals surface area (Å²) in [4.78, 5) is 12.0. The average Bonchev–Trinajstić information content (AvgIpc) is 2.40. The minimum atomic E-state index is -0.498. The number of rotatable bonds is 2. The summed E-state index contributed by atoms with van der Waals surface area (Å²) in [6.45, 7) is 1.75. The quantitative estimate of drug-likeness (QED) is 0.645. The highest BCUT2D eigenvalue weighted by Gasteiger charge is 2.32. The molecule has 0 saturated carbocycles. The second-order valence-electron chi connectivity index (χ2n) is 4.20. The van der Waals surface area contributed by atoms with Gasteiger partial charge >= 0.3 is 5.97 Å². The first kappa shape index (κ1) is 15.1. The van der Waals surface area contributed by atoms with Crippen LogP contribution in [0.4, 0.5) is 0 Å². The Labute approximate surface area is 132 Å². The Morgan fingerprint density at radius 3 is 2.75 bits per heavy atom. The molecule has 0 saturated heterocycles. The van der Waals surface area contributed by atoms with Crippen molar-refractivity contribution in [2.45, 2.75) is 13.0 Å². The van der Waals surface area contributed by atoms with E-state index in [1.807, 2.05) is 0 Å². The van der Waals surface area contributed by atoms with Gasteiger partial charge in [0.05, 0.1) is 28.8 Å². The highest BCUT2D eigenvalue weighted by atomic mass is 35.5. The number of benzene rings is 1. The van der Waals surface area contributed by atoms with Gasteiger partial charge in [0, 0.05) is 5.70 Å². The van der Waals surface area contributed by atoms with Crippen LogP contribution in [-0.2, 0) is 9.53 Å². The largest absolute Gasteiger partial charge is 0.466 e. The number of hydrogen-bond donors (Lipinski definition) is 2. The van der Waals surface area contributed by atoms with Crippen molar-refractivity contribution in [3.05, 3.63) is 45.1 Å². The van der Waals surface area contributed by atoms with Gasteiger partial charge in [-0.2, -0.15) is 0 Å². The summed E-state index contributed by atoms with van der Waals surface area (Å²) >= 11 is 17.4. The Morgan fingerprint density at radius 2 is 2.10 bits per heavy atom. The molecule has 2 rings (SSSR count). The molecule has 7 heteroatoms. The predicted molar refractivity (Wildman–Crippen MR) is 82.8 cm³/mol. The van der Waals surface area contributed by atoms with Crippen LogP contribution >= 0.6 is 35.4 Å². The Morgan fingerprint density at radius 1 is 1.40 bits per heavy atom. The minimum Gasteiger partial charge on any atom is -0.466 e. The summed E-state index contributed by atoms with van der Waals surface area (Å²) in [5.74, 6) is -0.453. The van der Waals surface area contributed by atoms with E-state index in [9.17, 15) is 4.79 Å². The van der Waals surface area contributed by atoms with Crippen molar-refractivity contribution in [2.24, 2.45) is 0 Å². The maximum Gasteiger partial charge on any atom is 0.337 e. The van der Waals surface area contributed by atoms with Crippen molar-refractivity contribution < 1.29 is 9.53 Å². The first-order chi connectivity index (χ1) is 9.45. The molecule has 0 spiro atoms. The molecule has 0 amide bonds. The molecule has 2 N–H and O–H groups in total. The van der Waals surface area contributed by atoms with E-state index in [0.717, 1.165) is 0 Å². The molecule has 0 aliphatic carbocycles. The number of carbonyl (C=O) groups is 1. The van der Waals surface area contributed by atoms with E-state index in [2.05, 4.69) is 10.6 Å². The molecule has 4 nitrogen and oxygen atoms in total. The molecule has 0 aromatic heterocycles. The van der Waals surface area contributed by atoms with Crippen LogP contribution in [0.3, 0.4) is 0 Å². The Balaban J connectivity index is 2.57. The smallest absolute Gasteiger partial charge is 0.337 e. The molecule has 0 bridgehead atoms. The third kappa shape index (κ3) is 2.75. The van der Waals surface area contributed by atoms with Crippen LogP contribution in [0.2, 0.25) is 10.0 Å². The highest BCUT2D eigenvalue weighted by molar-refractivity contribution is 7.80. The first-order valence-corrected chi connectivity index (χ1v) is 6.92. The van der Waals surface area contributed by atoms with Crippen molar-refractivity contribution in [2.75, 3.05) is 7.11 Å². The second kappa shape index (κ2) is 5.99. The van der Waals surface area contributed by atoms with Crippen molar-refractivity contribution >= 4 is 46.5 Å². The predicted octanol–water partition coefficient (Wildman–Crippen LogP) is 2.96. The summed E-state index contributed by atoms with van der Waals surface area (Å²) in [5.41, 5.74) is 1.72. The number of esters is 1. The van der Waals surface area contributed by atoms with Crippen LogP contribution < -0.4 is 10.6 Å². The lowest BCUT2D eigenvalue weighted by Crippen LogP contribution is -2.45. The van der Waals surface area contributed by atoms with E-state index in [4.69, 9.17) is 40.2 Å². The number of allylic oxidation sites excluding steroid dienone is 1. The average molecular weight is 331 g/mol. The second-order valence-corrected chi connectivity index (χ2v) is 5.40. The molecule has 1 aromatic rings. The van der Waals surface area contributed by atoms with Gasteiger partial charge in [-0.25, -0.2) is 4.79 Å². The lowest BCUT2D eigenvalue weighted by atomic mass is 9.95. The van der Waals surface area contributed by atoms with Crippen LogP contribution in [0.25, 0.3) is 0 Å². The van der Waals surface area contributed by atoms with Gasteiger partial charge in [-0.3, -0.25) is 0 Å². The maximum atomic E-state index is 12.0. The van der Waals surface area contributed by atoms with Crippen LogP contribution in [0.5, 0.6) is 0 Å². The fourth-order valence-corrected chi connectivity index (χ4v) is 2.74. The molecule has 1 aromatic carbocycles. The SMILES string of the molecule is COC(=O)C1=C(C)NC(=S)N[C@@H]1c1cccc(Cl)c1Cl. The third-order valence-electron chi connectivity index (χ3n) is 2.97. The Hall–Kier alpha value is -1.30. The van der Waals surface area contributed by atoms with E-state index < -0.39 is 12.0 Å². The molecular formula is C13H12Cl2N2O2S. The normalized spacial score (nSPS) is 18.4. The van der Waals surface area contributed by atoms with Crippen molar-refractivity contribution in [3.8, 4) is 0 Å². The molecule has 106 valence electrons. The van der Waals surface area contributed by atoms with Crippen LogP contribution in [0.1, 0.15) is 18.5 Å². The van der Waals surface area contributed by atoms with Crippen molar-refractivity contribution in [1.29, 1.82) is 0 Å².